The van der Waals surface area contributed by atoms with E-state index in [2.05, 4.69) is 0 Å². The minimum Gasteiger partial charge on any atom is -0.490 e. The molecule has 2 aromatic carbocycles. The Labute approximate surface area is 208 Å². The third-order valence-corrected chi connectivity index (χ3v) is 6.55. The van der Waals surface area contributed by atoms with Crippen LogP contribution in [0.3, 0.4) is 0 Å². The lowest BCUT2D eigenvalue weighted by molar-refractivity contribution is -0.167. The van der Waals surface area contributed by atoms with E-state index in [9.17, 15) is 14.0 Å². The SMILES string of the molecule is O=C(CC1(COc2ccc(F)cc2)CN(C(=O)Cc2ccc3c(c2)OCO3)CCO1)N1CCOCC1. The highest BCUT2D eigenvalue weighted by Crippen LogP contribution is 2.33. The molecule has 2 fully saturated rings. The van der Waals surface area contributed by atoms with E-state index in [4.69, 9.17) is 23.7 Å². The molecule has 5 rings (SSSR count). The van der Waals surface area contributed by atoms with Crippen LogP contribution in [0, 0.1) is 5.82 Å². The smallest absolute Gasteiger partial charge is 0.231 e. The zero-order valence-corrected chi connectivity index (χ0v) is 19.9. The summed E-state index contributed by atoms with van der Waals surface area (Å²) < 4.78 is 41.5. The van der Waals surface area contributed by atoms with Gasteiger partial charge in [0.15, 0.2) is 11.5 Å². The van der Waals surface area contributed by atoms with Crippen LogP contribution in [-0.4, -0.2) is 86.6 Å². The quantitative estimate of drug-likeness (QED) is 0.575. The Hall–Kier alpha value is -3.37. The molecule has 0 spiro atoms. The number of amides is 2. The maximum Gasteiger partial charge on any atom is 0.231 e. The molecule has 2 amide bonds. The van der Waals surface area contributed by atoms with Crippen molar-refractivity contribution in [1.29, 1.82) is 0 Å². The van der Waals surface area contributed by atoms with Gasteiger partial charge < -0.3 is 33.5 Å². The Balaban J connectivity index is 1.29. The van der Waals surface area contributed by atoms with Gasteiger partial charge in [0.2, 0.25) is 18.6 Å². The molecular weight excluding hydrogens is 471 g/mol. The molecule has 36 heavy (non-hydrogen) atoms. The number of rotatable bonds is 7. The van der Waals surface area contributed by atoms with E-state index < -0.39 is 5.60 Å². The highest BCUT2D eigenvalue weighted by atomic mass is 19.1. The average molecular weight is 501 g/mol. The number of hydrogen-bond acceptors (Lipinski definition) is 7. The molecule has 0 aliphatic carbocycles. The Morgan fingerprint density at radius 3 is 2.47 bits per heavy atom. The van der Waals surface area contributed by atoms with Gasteiger partial charge in [-0.2, -0.15) is 0 Å². The Kier molecular flexibility index (Phi) is 7.24. The van der Waals surface area contributed by atoms with Crippen LogP contribution in [0.4, 0.5) is 4.39 Å². The second-order valence-electron chi connectivity index (χ2n) is 9.12. The lowest BCUT2D eigenvalue weighted by Crippen LogP contribution is -2.59. The first kappa shape index (κ1) is 24.3. The maximum atomic E-state index is 13.3. The molecule has 0 N–H and O–H groups in total. The molecule has 0 aromatic heterocycles. The summed E-state index contributed by atoms with van der Waals surface area (Å²) >= 11 is 0. The molecule has 1 atom stereocenters. The van der Waals surface area contributed by atoms with E-state index in [0.29, 0.717) is 50.1 Å². The molecule has 0 saturated carbocycles. The van der Waals surface area contributed by atoms with Crippen molar-refractivity contribution in [3.05, 3.63) is 53.8 Å². The largest absolute Gasteiger partial charge is 0.490 e. The first-order valence-corrected chi connectivity index (χ1v) is 12.0. The predicted molar refractivity (Wildman–Crippen MR) is 125 cm³/mol. The van der Waals surface area contributed by atoms with Gasteiger partial charge in [0, 0.05) is 19.6 Å². The van der Waals surface area contributed by atoms with Gasteiger partial charge in [0.1, 0.15) is 23.8 Å². The number of morpholine rings is 2. The summed E-state index contributed by atoms with van der Waals surface area (Å²) in [6, 6.07) is 11.1. The minimum absolute atomic E-state index is 0.0442. The molecule has 10 heteroatoms. The fourth-order valence-corrected chi connectivity index (χ4v) is 4.59. The van der Waals surface area contributed by atoms with E-state index in [1.54, 1.807) is 15.9 Å². The van der Waals surface area contributed by atoms with E-state index in [1.165, 1.54) is 24.3 Å². The second kappa shape index (κ2) is 10.7. The van der Waals surface area contributed by atoms with Crippen molar-refractivity contribution in [1.82, 2.24) is 9.80 Å². The van der Waals surface area contributed by atoms with Crippen molar-refractivity contribution in [3.63, 3.8) is 0 Å². The van der Waals surface area contributed by atoms with E-state index >= 15 is 0 Å². The maximum absolute atomic E-state index is 13.3. The number of carbonyl (C=O) groups is 2. The Morgan fingerprint density at radius 1 is 0.917 bits per heavy atom. The second-order valence-corrected chi connectivity index (χ2v) is 9.12. The van der Waals surface area contributed by atoms with Crippen LogP contribution in [0.25, 0.3) is 0 Å². The number of benzene rings is 2. The number of fused-ring (bicyclic) bond motifs is 1. The van der Waals surface area contributed by atoms with Gasteiger partial charge in [0.05, 0.1) is 39.2 Å². The normalized spacial score (nSPS) is 21.4. The summed E-state index contributed by atoms with van der Waals surface area (Å²) in [6.45, 7) is 3.11. The Bertz CT molecular complexity index is 1090. The van der Waals surface area contributed by atoms with Gasteiger partial charge >= 0.3 is 0 Å². The third kappa shape index (κ3) is 5.71. The van der Waals surface area contributed by atoms with Crippen LogP contribution in [0.15, 0.2) is 42.5 Å². The molecule has 9 nitrogen and oxygen atoms in total. The van der Waals surface area contributed by atoms with Crippen molar-refractivity contribution in [2.24, 2.45) is 0 Å². The standard InChI is InChI=1S/C26H29FN2O7/c27-20-2-4-21(5-3-20)33-17-26(15-25(31)28-7-10-32-11-8-28)16-29(9-12-36-26)24(30)14-19-1-6-22-23(13-19)35-18-34-22/h1-6,13H,7-12,14-18H2. The number of nitrogens with zero attached hydrogens (tertiary/aromatic N) is 2. The van der Waals surface area contributed by atoms with Gasteiger partial charge in [-0.3, -0.25) is 9.59 Å². The minimum atomic E-state index is -1.04. The van der Waals surface area contributed by atoms with Crippen molar-refractivity contribution >= 4 is 11.8 Å². The topological polar surface area (TPSA) is 86.8 Å². The van der Waals surface area contributed by atoms with Crippen LogP contribution >= 0.6 is 0 Å². The van der Waals surface area contributed by atoms with Gasteiger partial charge in [-0.15, -0.1) is 0 Å². The number of halogens is 1. The van der Waals surface area contributed by atoms with Crippen molar-refractivity contribution < 1.29 is 37.7 Å². The number of carbonyl (C=O) groups excluding carboxylic acids is 2. The molecule has 3 aliphatic rings. The van der Waals surface area contributed by atoms with E-state index in [-0.39, 0.29) is 57.0 Å². The van der Waals surface area contributed by atoms with Crippen LogP contribution < -0.4 is 14.2 Å². The van der Waals surface area contributed by atoms with Gasteiger partial charge in [-0.05, 0) is 42.0 Å². The van der Waals surface area contributed by atoms with Crippen LogP contribution in [0.5, 0.6) is 17.2 Å². The van der Waals surface area contributed by atoms with E-state index in [0.717, 1.165) is 5.56 Å². The Morgan fingerprint density at radius 2 is 1.67 bits per heavy atom. The summed E-state index contributed by atoms with van der Waals surface area (Å²) in [7, 11) is 0. The lowest BCUT2D eigenvalue weighted by atomic mass is 9.96. The molecule has 2 aromatic rings. The molecule has 1 unspecified atom stereocenters. The fraction of sp³-hybridized carbons (Fsp3) is 0.462. The number of hydrogen-bond donors (Lipinski definition) is 0. The predicted octanol–water partition coefficient (Wildman–Crippen LogP) is 2.02. The van der Waals surface area contributed by atoms with Gasteiger partial charge in [0.25, 0.3) is 0 Å². The fourth-order valence-electron chi connectivity index (χ4n) is 4.59. The third-order valence-electron chi connectivity index (χ3n) is 6.55. The van der Waals surface area contributed by atoms with Crippen LogP contribution in [0.2, 0.25) is 0 Å². The van der Waals surface area contributed by atoms with Crippen molar-refractivity contribution in [2.45, 2.75) is 18.4 Å². The molecule has 0 radical (unpaired) electrons. The zero-order chi connectivity index (χ0) is 25.0. The summed E-state index contributed by atoms with van der Waals surface area (Å²) in [5.41, 5.74) is -0.222. The van der Waals surface area contributed by atoms with Crippen LogP contribution in [0.1, 0.15) is 12.0 Å². The summed E-state index contributed by atoms with van der Waals surface area (Å²) in [5, 5.41) is 0. The van der Waals surface area contributed by atoms with E-state index in [1.807, 2.05) is 12.1 Å². The monoisotopic (exact) mass is 500 g/mol. The average Bonchev–Trinajstić information content (AvgIpc) is 3.37. The lowest BCUT2D eigenvalue weighted by Gasteiger charge is -2.43. The molecule has 3 aliphatic heterocycles. The van der Waals surface area contributed by atoms with Crippen molar-refractivity contribution in [2.75, 3.05) is 59.4 Å². The molecule has 0 bridgehead atoms. The summed E-state index contributed by atoms with van der Waals surface area (Å²) in [5.74, 6) is 1.22. The summed E-state index contributed by atoms with van der Waals surface area (Å²) in [6.07, 6.45) is 0.241. The highest BCUT2D eigenvalue weighted by Gasteiger charge is 2.42. The summed E-state index contributed by atoms with van der Waals surface area (Å²) in [4.78, 5) is 29.9. The molecule has 3 heterocycles. The van der Waals surface area contributed by atoms with Crippen LogP contribution in [-0.2, 0) is 25.5 Å². The first-order valence-electron chi connectivity index (χ1n) is 12.0. The number of ether oxygens (including phenoxy) is 5. The molecular formula is C26H29FN2O7. The molecule has 2 saturated heterocycles. The first-order chi connectivity index (χ1) is 17.5. The highest BCUT2D eigenvalue weighted by molar-refractivity contribution is 5.80. The van der Waals surface area contributed by atoms with Gasteiger partial charge in [-0.25, -0.2) is 4.39 Å². The zero-order valence-electron chi connectivity index (χ0n) is 19.9. The molecule has 192 valence electrons. The van der Waals surface area contributed by atoms with Crippen molar-refractivity contribution in [3.8, 4) is 17.2 Å². The van der Waals surface area contributed by atoms with Gasteiger partial charge in [-0.1, -0.05) is 6.07 Å².